The van der Waals surface area contributed by atoms with Gasteiger partial charge in [-0.3, -0.25) is 14.9 Å². The first-order valence-electron chi connectivity index (χ1n) is 8.32. The van der Waals surface area contributed by atoms with Gasteiger partial charge in [-0.25, -0.2) is 4.39 Å². The van der Waals surface area contributed by atoms with E-state index in [0.717, 1.165) is 38.4 Å². The van der Waals surface area contributed by atoms with E-state index in [2.05, 4.69) is 19.8 Å². The number of fused-ring (bicyclic) bond motifs is 1. The number of halogens is 2. The minimum atomic E-state index is -0.293. The van der Waals surface area contributed by atoms with E-state index >= 15 is 0 Å². The molecule has 3 aromatic rings. The van der Waals surface area contributed by atoms with E-state index in [1.54, 1.807) is 18.3 Å². The van der Waals surface area contributed by atoms with Crippen LogP contribution in [-0.4, -0.2) is 41.0 Å². The zero-order valence-corrected chi connectivity index (χ0v) is 14.5. The van der Waals surface area contributed by atoms with Crippen molar-refractivity contribution < 1.29 is 4.39 Å². The first-order valence-corrected chi connectivity index (χ1v) is 8.70. The molecule has 1 saturated heterocycles. The molecular formula is C19H18ClFN4. The van der Waals surface area contributed by atoms with Crippen molar-refractivity contribution in [1.82, 2.24) is 14.9 Å². The molecule has 6 heteroatoms. The Morgan fingerprint density at radius 3 is 2.56 bits per heavy atom. The van der Waals surface area contributed by atoms with Crippen molar-refractivity contribution in [3.63, 3.8) is 0 Å². The zero-order valence-electron chi connectivity index (χ0n) is 13.7. The van der Waals surface area contributed by atoms with Gasteiger partial charge >= 0.3 is 0 Å². The summed E-state index contributed by atoms with van der Waals surface area (Å²) in [6.45, 7) is 4.12. The van der Waals surface area contributed by atoms with Gasteiger partial charge in [0.2, 0.25) is 0 Å². The Morgan fingerprint density at radius 1 is 0.960 bits per heavy atom. The third kappa shape index (κ3) is 3.30. The van der Waals surface area contributed by atoms with Crippen molar-refractivity contribution in [1.29, 1.82) is 0 Å². The first kappa shape index (κ1) is 16.2. The van der Waals surface area contributed by atoms with Crippen LogP contribution in [0.3, 0.4) is 0 Å². The Hall–Kier alpha value is -2.24. The molecule has 1 aliphatic rings. The molecule has 1 aromatic carbocycles. The van der Waals surface area contributed by atoms with Crippen LogP contribution in [0.2, 0.25) is 5.02 Å². The van der Waals surface area contributed by atoms with Gasteiger partial charge < -0.3 is 4.90 Å². The Bertz CT molecular complexity index is 879. The van der Waals surface area contributed by atoms with Gasteiger partial charge in [-0.1, -0.05) is 17.7 Å². The number of piperazine rings is 1. The zero-order chi connectivity index (χ0) is 17.2. The maximum Gasteiger partial charge on any atom is 0.172 e. The lowest BCUT2D eigenvalue weighted by molar-refractivity contribution is 0.246. The fourth-order valence-electron chi connectivity index (χ4n) is 3.25. The number of aromatic nitrogens is 2. The van der Waals surface area contributed by atoms with Crippen molar-refractivity contribution in [2.45, 2.75) is 6.54 Å². The summed E-state index contributed by atoms with van der Waals surface area (Å²) < 4.78 is 14.9. The highest BCUT2D eigenvalue weighted by Gasteiger charge is 2.21. The fraction of sp³-hybridized carbons (Fsp3) is 0.263. The van der Waals surface area contributed by atoms with Crippen molar-refractivity contribution in [2.24, 2.45) is 0 Å². The van der Waals surface area contributed by atoms with Crippen LogP contribution in [0, 0.1) is 5.82 Å². The summed E-state index contributed by atoms with van der Waals surface area (Å²) in [5, 5.41) is 1.18. The second-order valence-electron chi connectivity index (χ2n) is 6.17. The molecule has 128 valence electrons. The Balaban J connectivity index is 1.49. The topological polar surface area (TPSA) is 32.3 Å². The molecule has 25 heavy (non-hydrogen) atoms. The lowest BCUT2D eigenvalue weighted by Crippen LogP contribution is -2.46. The highest BCUT2D eigenvalue weighted by Crippen LogP contribution is 2.30. The summed E-state index contributed by atoms with van der Waals surface area (Å²) >= 11 is 6.13. The van der Waals surface area contributed by atoms with Crippen LogP contribution in [0.15, 0.2) is 48.8 Å². The smallest absolute Gasteiger partial charge is 0.172 e. The largest absolute Gasteiger partial charge is 0.367 e. The summed E-state index contributed by atoms with van der Waals surface area (Å²) in [4.78, 5) is 12.9. The van der Waals surface area contributed by atoms with Gasteiger partial charge in [0, 0.05) is 50.5 Å². The van der Waals surface area contributed by atoms with Crippen molar-refractivity contribution in [3.05, 3.63) is 65.3 Å². The van der Waals surface area contributed by atoms with E-state index in [9.17, 15) is 4.39 Å². The number of hydrogen-bond acceptors (Lipinski definition) is 4. The summed E-state index contributed by atoms with van der Waals surface area (Å²) in [5.74, 6) is -0.293. The average Bonchev–Trinajstić information content (AvgIpc) is 2.65. The van der Waals surface area contributed by atoms with Crippen molar-refractivity contribution in [2.75, 3.05) is 31.1 Å². The summed E-state index contributed by atoms with van der Waals surface area (Å²) in [5.41, 5.74) is 1.99. The van der Waals surface area contributed by atoms with Gasteiger partial charge in [-0.2, -0.15) is 0 Å². The SMILES string of the molecule is Fc1c(N2CCN(Cc3ccccn3)CC2)ccc2c(Cl)ccnc12. The van der Waals surface area contributed by atoms with E-state index in [1.807, 2.05) is 30.5 Å². The normalized spacial score (nSPS) is 15.7. The molecule has 2 aromatic heterocycles. The van der Waals surface area contributed by atoms with Crippen LogP contribution in [0.25, 0.3) is 10.9 Å². The number of hydrogen-bond donors (Lipinski definition) is 0. The maximum atomic E-state index is 14.9. The molecule has 4 rings (SSSR count). The molecule has 3 heterocycles. The van der Waals surface area contributed by atoms with Gasteiger partial charge in [-0.15, -0.1) is 0 Å². The predicted molar refractivity (Wildman–Crippen MR) is 98.4 cm³/mol. The molecule has 0 N–H and O–H groups in total. The van der Waals surface area contributed by atoms with Crippen LogP contribution >= 0.6 is 11.6 Å². The molecule has 0 unspecified atom stereocenters. The van der Waals surface area contributed by atoms with E-state index in [0.29, 0.717) is 21.6 Å². The van der Waals surface area contributed by atoms with Crippen molar-refractivity contribution in [3.8, 4) is 0 Å². The molecule has 0 saturated carbocycles. The van der Waals surface area contributed by atoms with Crippen molar-refractivity contribution >= 4 is 28.2 Å². The highest BCUT2D eigenvalue weighted by molar-refractivity contribution is 6.35. The molecular weight excluding hydrogens is 339 g/mol. The van der Waals surface area contributed by atoms with E-state index in [4.69, 9.17) is 11.6 Å². The molecule has 0 aliphatic carbocycles. The molecule has 4 nitrogen and oxygen atoms in total. The van der Waals surface area contributed by atoms with Crippen LogP contribution in [0.1, 0.15) is 5.69 Å². The quantitative estimate of drug-likeness (QED) is 0.715. The van der Waals surface area contributed by atoms with E-state index < -0.39 is 0 Å². The predicted octanol–water partition coefficient (Wildman–Crippen LogP) is 3.74. The Kier molecular flexibility index (Phi) is 4.51. The molecule has 1 aliphatic heterocycles. The molecule has 0 bridgehead atoms. The summed E-state index contributed by atoms with van der Waals surface area (Å²) in [6.07, 6.45) is 3.36. The van der Waals surface area contributed by atoms with Gasteiger partial charge in [0.25, 0.3) is 0 Å². The van der Waals surface area contributed by atoms with Gasteiger partial charge in [0.05, 0.1) is 16.4 Å². The molecule has 0 radical (unpaired) electrons. The number of nitrogens with zero attached hydrogens (tertiary/aromatic N) is 4. The second kappa shape index (κ2) is 6.94. The minimum Gasteiger partial charge on any atom is -0.367 e. The van der Waals surface area contributed by atoms with Gasteiger partial charge in [0.15, 0.2) is 5.82 Å². The molecule has 0 amide bonds. The summed E-state index contributed by atoms with van der Waals surface area (Å²) in [6, 6.07) is 11.3. The third-order valence-corrected chi connectivity index (χ3v) is 4.93. The van der Waals surface area contributed by atoms with E-state index in [-0.39, 0.29) is 5.82 Å². The number of benzene rings is 1. The van der Waals surface area contributed by atoms with Gasteiger partial charge in [0.1, 0.15) is 5.52 Å². The van der Waals surface area contributed by atoms with Gasteiger partial charge in [-0.05, 0) is 30.3 Å². The lowest BCUT2D eigenvalue weighted by Gasteiger charge is -2.36. The Morgan fingerprint density at radius 2 is 1.80 bits per heavy atom. The standard InChI is InChI=1S/C19H18ClFN4/c20-16-6-8-23-19-15(16)4-5-17(18(19)21)25-11-9-24(10-12-25)13-14-3-1-2-7-22-14/h1-8H,9-13H2. The number of rotatable bonds is 3. The lowest BCUT2D eigenvalue weighted by atomic mass is 10.1. The first-order chi connectivity index (χ1) is 12.2. The average molecular weight is 357 g/mol. The molecule has 0 spiro atoms. The number of anilines is 1. The molecule has 0 atom stereocenters. The minimum absolute atomic E-state index is 0.293. The third-order valence-electron chi connectivity index (χ3n) is 4.60. The van der Waals surface area contributed by atoms with Crippen LogP contribution in [-0.2, 0) is 6.54 Å². The Labute approximate surface area is 150 Å². The van der Waals surface area contributed by atoms with Crippen LogP contribution in [0.5, 0.6) is 0 Å². The van der Waals surface area contributed by atoms with E-state index in [1.165, 1.54) is 0 Å². The van der Waals surface area contributed by atoms with Crippen LogP contribution in [0.4, 0.5) is 10.1 Å². The summed E-state index contributed by atoms with van der Waals surface area (Å²) in [7, 11) is 0. The highest BCUT2D eigenvalue weighted by atomic mass is 35.5. The fourth-order valence-corrected chi connectivity index (χ4v) is 3.46. The molecule has 1 fully saturated rings. The monoisotopic (exact) mass is 356 g/mol. The number of pyridine rings is 2. The van der Waals surface area contributed by atoms with Crippen LogP contribution < -0.4 is 4.90 Å². The second-order valence-corrected chi connectivity index (χ2v) is 6.58. The maximum absolute atomic E-state index is 14.9.